The van der Waals surface area contributed by atoms with E-state index in [-0.39, 0.29) is 13.0 Å². The van der Waals surface area contributed by atoms with Crippen LogP contribution in [-0.2, 0) is 24.2 Å². The predicted molar refractivity (Wildman–Crippen MR) is 128 cm³/mol. The van der Waals surface area contributed by atoms with E-state index in [1.165, 1.54) is 29.4 Å². The van der Waals surface area contributed by atoms with Crippen LogP contribution >= 0.6 is 11.6 Å². The van der Waals surface area contributed by atoms with E-state index >= 15 is 0 Å². The fourth-order valence-corrected chi connectivity index (χ4v) is 4.54. The van der Waals surface area contributed by atoms with E-state index in [9.17, 15) is 19.3 Å². The van der Waals surface area contributed by atoms with Gasteiger partial charge in [0.25, 0.3) is 5.91 Å². The van der Waals surface area contributed by atoms with Crippen LogP contribution in [0.15, 0.2) is 47.6 Å². The molecule has 2 N–H and O–H groups in total. The molecule has 1 saturated heterocycles. The average molecular weight is 484 g/mol. The van der Waals surface area contributed by atoms with Gasteiger partial charge in [-0.1, -0.05) is 29.8 Å². The summed E-state index contributed by atoms with van der Waals surface area (Å²) in [5, 5.41) is 9.03. The molecule has 2 atom stereocenters. The first-order chi connectivity index (χ1) is 16.4. The van der Waals surface area contributed by atoms with Gasteiger partial charge in [0, 0.05) is 21.9 Å². The molecule has 1 fully saturated rings. The van der Waals surface area contributed by atoms with Gasteiger partial charge in [0.2, 0.25) is 0 Å². The van der Waals surface area contributed by atoms with Gasteiger partial charge in [-0.2, -0.15) is 0 Å². The molecule has 9 nitrogen and oxygen atoms in total. The Labute approximate surface area is 202 Å². The largest absolute Gasteiger partial charge is 0.348 e. The maximum Gasteiger partial charge on any atom is 0.331 e. The van der Waals surface area contributed by atoms with Gasteiger partial charge in [0.15, 0.2) is 6.29 Å². The van der Waals surface area contributed by atoms with E-state index in [4.69, 9.17) is 11.6 Å². The van der Waals surface area contributed by atoms with Crippen molar-refractivity contribution in [3.05, 3.63) is 69.1 Å². The highest BCUT2D eigenvalue weighted by Crippen LogP contribution is 2.26. The van der Waals surface area contributed by atoms with Gasteiger partial charge in [-0.15, -0.1) is 4.91 Å². The fraction of sp³-hybridized carbons (Fsp3) is 0.375. The lowest BCUT2D eigenvalue weighted by atomic mass is 9.91. The second-order valence-electron chi connectivity index (χ2n) is 8.63. The summed E-state index contributed by atoms with van der Waals surface area (Å²) in [6.07, 6.45) is 3.20. The van der Waals surface area contributed by atoms with E-state index in [2.05, 4.69) is 27.9 Å². The number of fused-ring (bicyclic) bond motifs is 1. The molecule has 4 rings (SSSR count). The molecule has 0 aromatic heterocycles. The molecule has 2 aromatic rings. The lowest BCUT2D eigenvalue weighted by molar-refractivity contribution is -0.118. The standard InChI is InChI=1S/C24H26ClN5O4/c1-15(12-21(31)28-34)30-23(32)27-22(26-20-11-8-17-4-2-3-5-18(17)13-20)29(24(30)33)14-16-6-9-19(25)10-7-16/h6-11,13,15,22,26H,2-5,12,14H2,1H3,(H,27,32)/t15-,22?/m0/s1. The van der Waals surface area contributed by atoms with Crippen molar-refractivity contribution >= 4 is 35.3 Å². The predicted octanol–water partition coefficient (Wildman–Crippen LogP) is 4.63. The highest BCUT2D eigenvalue weighted by Gasteiger charge is 2.41. The van der Waals surface area contributed by atoms with Crippen molar-refractivity contribution in [3.8, 4) is 0 Å². The monoisotopic (exact) mass is 483 g/mol. The van der Waals surface area contributed by atoms with Crippen LogP contribution in [-0.4, -0.2) is 40.1 Å². The van der Waals surface area contributed by atoms with Gasteiger partial charge in [0.1, 0.15) is 0 Å². The molecule has 0 bridgehead atoms. The van der Waals surface area contributed by atoms with Crippen LogP contribution < -0.4 is 10.6 Å². The Morgan fingerprint density at radius 3 is 2.56 bits per heavy atom. The van der Waals surface area contributed by atoms with Crippen LogP contribution in [0, 0.1) is 4.91 Å². The van der Waals surface area contributed by atoms with Crippen LogP contribution in [0.25, 0.3) is 0 Å². The number of hydrogen-bond acceptors (Lipinski definition) is 5. The van der Waals surface area contributed by atoms with Crippen LogP contribution in [0.2, 0.25) is 5.02 Å². The third kappa shape index (κ3) is 5.20. The summed E-state index contributed by atoms with van der Waals surface area (Å²) in [6.45, 7) is 1.71. The number of amides is 5. The molecule has 5 amide bonds. The van der Waals surface area contributed by atoms with Crippen molar-refractivity contribution in [2.75, 3.05) is 5.32 Å². The molecule has 0 saturated carbocycles. The molecule has 2 aromatic carbocycles. The molecule has 0 radical (unpaired) electrons. The summed E-state index contributed by atoms with van der Waals surface area (Å²) < 4.78 is 0. The Hall–Kier alpha value is -3.46. The number of imide groups is 1. The lowest BCUT2D eigenvalue weighted by Crippen LogP contribution is -2.68. The van der Waals surface area contributed by atoms with Crippen LogP contribution in [0.4, 0.5) is 15.3 Å². The average Bonchev–Trinajstić information content (AvgIpc) is 2.82. The van der Waals surface area contributed by atoms with Gasteiger partial charge >= 0.3 is 12.1 Å². The summed E-state index contributed by atoms with van der Waals surface area (Å²) in [5.41, 5.74) is 4.20. The van der Waals surface area contributed by atoms with Gasteiger partial charge in [-0.05, 0) is 73.6 Å². The third-order valence-electron chi connectivity index (χ3n) is 6.17. The third-order valence-corrected chi connectivity index (χ3v) is 6.43. The number of urea groups is 2. The first kappa shape index (κ1) is 23.7. The minimum Gasteiger partial charge on any atom is -0.348 e. The molecule has 2 aliphatic rings. The van der Waals surface area contributed by atoms with Crippen LogP contribution in [0.3, 0.4) is 0 Å². The number of nitroso groups, excluding NO2 is 1. The second kappa shape index (κ2) is 10.2. The smallest absolute Gasteiger partial charge is 0.331 e. The summed E-state index contributed by atoms with van der Waals surface area (Å²) in [5.74, 6) is -0.924. The number of nitrogens with one attached hydrogen (secondary N) is 2. The van der Waals surface area contributed by atoms with E-state index in [0.717, 1.165) is 35.4 Å². The van der Waals surface area contributed by atoms with Gasteiger partial charge in [-0.3, -0.25) is 15.0 Å². The van der Waals surface area contributed by atoms with Crippen molar-refractivity contribution < 1.29 is 14.4 Å². The zero-order valence-electron chi connectivity index (χ0n) is 18.8. The zero-order valence-corrected chi connectivity index (χ0v) is 19.5. The number of aryl methyl sites for hydroxylation is 2. The SMILES string of the molecule is C[C@@H](CC(=O)N=O)N1C(=O)NC(Nc2ccc3c(c2)CCCC3)N(Cc2ccc(Cl)cc2)C1=O. The Balaban J connectivity index is 1.60. The number of rotatable bonds is 7. The second-order valence-corrected chi connectivity index (χ2v) is 9.07. The van der Waals surface area contributed by atoms with Gasteiger partial charge < -0.3 is 5.32 Å². The Morgan fingerprint density at radius 2 is 1.85 bits per heavy atom. The molecule has 1 aliphatic heterocycles. The van der Waals surface area contributed by atoms with Crippen molar-refractivity contribution in [2.45, 2.75) is 57.9 Å². The van der Waals surface area contributed by atoms with Crippen molar-refractivity contribution in [1.82, 2.24) is 15.1 Å². The molecule has 1 unspecified atom stereocenters. The maximum atomic E-state index is 13.5. The quantitative estimate of drug-likeness (QED) is 0.557. The molecule has 34 heavy (non-hydrogen) atoms. The summed E-state index contributed by atoms with van der Waals surface area (Å²) in [7, 11) is 0. The Kier molecular flexibility index (Phi) is 7.12. The minimum absolute atomic E-state index is 0.183. The topological polar surface area (TPSA) is 111 Å². The number of carbonyl (C=O) groups is 3. The Morgan fingerprint density at radius 1 is 1.15 bits per heavy atom. The first-order valence-corrected chi connectivity index (χ1v) is 11.6. The maximum absolute atomic E-state index is 13.5. The highest BCUT2D eigenvalue weighted by atomic mass is 35.5. The molecular weight excluding hydrogens is 458 g/mol. The Bertz CT molecular complexity index is 1110. The van der Waals surface area contributed by atoms with E-state index in [1.807, 2.05) is 6.07 Å². The summed E-state index contributed by atoms with van der Waals surface area (Å²) >= 11 is 6.00. The first-order valence-electron chi connectivity index (χ1n) is 11.2. The minimum atomic E-state index is -0.924. The van der Waals surface area contributed by atoms with Gasteiger partial charge in [-0.25, -0.2) is 14.5 Å². The van der Waals surface area contributed by atoms with Crippen molar-refractivity contribution in [2.24, 2.45) is 5.18 Å². The van der Waals surface area contributed by atoms with Crippen LogP contribution in [0.5, 0.6) is 0 Å². The summed E-state index contributed by atoms with van der Waals surface area (Å²) in [4.78, 5) is 50.8. The summed E-state index contributed by atoms with van der Waals surface area (Å²) in [6, 6.07) is 11.1. The number of carbonyl (C=O) groups excluding carboxylic acids is 3. The van der Waals surface area contributed by atoms with E-state index in [0.29, 0.717) is 5.02 Å². The molecule has 1 aliphatic carbocycles. The number of nitrogens with zero attached hydrogens (tertiary/aromatic N) is 3. The highest BCUT2D eigenvalue weighted by molar-refractivity contribution is 6.30. The molecular formula is C24H26ClN5O4. The van der Waals surface area contributed by atoms with Gasteiger partial charge in [0.05, 0.1) is 13.0 Å². The van der Waals surface area contributed by atoms with Crippen LogP contribution in [0.1, 0.15) is 42.9 Å². The fourth-order valence-electron chi connectivity index (χ4n) is 4.41. The van der Waals surface area contributed by atoms with Crippen molar-refractivity contribution in [3.63, 3.8) is 0 Å². The molecule has 0 spiro atoms. The number of hydrogen-bond donors (Lipinski definition) is 2. The lowest BCUT2D eigenvalue weighted by Gasteiger charge is -2.43. The van der Waals surface area contributed by atoms with Crippen molar-refractivity contribution in [1.29, 1.82) is 0 Å². The number of halogens is 1. The molecule has 178 valence electrons. The molecule has 1 heterocycles. The number of anilines is 1. The zero-order chi connectivity index (χ0) is 24.2. The van der Waals surface area contributed by atoms with E-state index in [1.54, 1.807) is 24.3 Å². The number of benzene rings is 2. The van der Waals surface area contributed by atoms with E-state index < -0.39 is 30.3 Å². The molecule has 10 heteroatoms. The normalized spacial score (nSPS) is 18.7.